The van der Waals surface area contributed by atoms with Gasteiger partial charge in [0.1, 0.15) is 0 Å². The van der Waals surface area contributed by atoms with Crippen LogP contribution in [0, 0.1) is 17.0 Å². The van der Waals surface area contributed by atoms with Gasteiger partial charge < -0.3 is 9.94 Å². The quantitative estimate of drug-likeness (QED) is 0.356. The third kappa shape index (κ3) is 2.04. The van der Waals surface area contributed by atoms with Gasteiger partial charge in [0.25, 0.3) is 0 Å². The van der Waals surface area contributed by atoms with E-state index in [-0.39, 0.29) is 11.4 Å². The fourth-order valence-corrected chi connectivity index (χ4v) is 1.30. The van der Waals surface area contributed by atoms with Crippen molar-refractivity contribution < 1.29 is 14.9 Å². The Balaban J connectivity index is 3.38. The van der Waals surface area contributed by atoms with Gasteiger partial charge in [-0.3, -0.25) is 10.1 Å². The van der Waals surface area contributed by atoms with E-state index in [1.54, 1.807) is 6.92 Å². The van der Waals surface area contributed by atoms with Gasteiger partial charge in [0, 0.05) is 17.2 Å². The fraction of sp³-hybridized carbons (Fsp3) is 0.222. The number of nitro groups is 1. The highest BCUT2D eigenvalue weighted by molar-refractivity contribution is 5.83. The van der Waals surface area contributed by atoms with Crippen molar-refractivity contribution in [2.75, 3.05) is 7.11 Å². The first-order chi connectivity index (χ1) is 7.11. The molecule has 0 aliphatic rings. The van der Waals surface area contributed by atoms with Gasteiger partial charge in [0.2, 0.25) is 0 Å². The molecule has 0 fully saturated rings. The maximum Gasteiger partial charge on any atom is 0.311 e. The minimum atomic E-state index is -0.522. The van der Waals surface area contributed by atoms with Gasteiger partial charge in [-0.05, 0) is 13.0 Å². The zero-order chi connectivity index (χ0) is 11.4. The summed E-state index contributed by atoms with van der Waals surface area (Å²) in [5.74, 6) is 0.178. The molecule has 0 amide bonds. The Morgan fingerprint density at radius 1 is 1.60 bits per heavy atom. The number of nitro benzene ring substituents is 1. The average molecular weight is 210 g/mol. The second-order valence-electron chi connectivity index (χ2n) is 2.83. The number of hydrogen-bond acceptors (Lipinski definition) is 5. The first-order valence-corrected chi connectivity index (χ1v) is 4.11. The number of benzene rings is 1. The molecule has 1 aromatic rings. The lowest BCUT2D eigenvalue weighted by Crippen LogP contribution is -1.98. The molecule has 1 aromatic carbocycles. The summed E-state index contributed by atoms with van der Waals surface area (Å²) in [4.78, 5) is 10.1. The molecule has 0 bridgehead atoms. The highest BCUT2D eigenvalue weighted by Gasteiger charge is 2.18. The summed E-state index contributed by atoms with van der Waals surface area (Å²) in [5.41, 5.74) is 1.02. The molecule has 0 aliphatic heterocycles. The van der Waals surface area contributed by atoms with Crippen LogP contribution in [0.4, 0.5) is 5.69 Å². The molecule has 0 aliphatic carbocycles. The fourth-order valence-electron chi connectivity index (χ4n) is 1.30. The van der Waals surface area contributed by atoms with Crippen LogP contribution in [0.2, 0.25) is 0 Å². The topological polar surface area (TPSA) is 85.0 Å². The van der Waals surface area contributed by atoms with Gasteiger partial charge in [-0.15, -0.1) is 0 Å². The molecule has 6 nitrogen and oxygen atoms in total. The largest absolute Gasteiger partial charge is 0.490 e. The van der Waals surface area contributed by atoms with E-state index in [1.165, 1.54) is 25.5 Å². The van der Waals surface area contributed by atoms with Crippen LogP contribution in [0.15, 0.2) is 17.3 Å². The smallest absolute Gasteiger partial charge is 0.311 e. The van der Waals surface area contributed by atoms with Gasteiger partial charge in [0.05, 0.1) is 18.2 Å². The van der Waals surface area contributed by atoms with Crippen molar-refractivity contribution in [3.05, 3.63) is 33.4 Å². The van der Waals surface area contributed by atoms with E-state index in [0.29, 0.717) is 11.1 Å². The summed E-state index contributed by atoms with van der Waals surface area (Å²) in [6.45, 7) is 1.66. The Kier molecular flexibility index (Phi) is 3.22. The molecule has 0 atom stereocenters. The van der Waals surface area contributed by atoms with Crippen LogP contribution in [0.3, 0.4) is 0 Å². The SMILES string of the molecule is COc1c([N+](=O)[O-])ccc(/C=N/O)c1C. The van der Waals surface area contributed by atoms with Crippen molar-refractivity contribution in [1.29, 1.82) is 0 Å². The summed E-state index contributed by atoms with van der Waals surface area (Å²) in [7, 11) is 1.36. The van der Waals surface area contributed by atoms with Crippen LogP contribution < -0.4 is 4.74 Å². The second kappa shape index (κ2) is 4.41. The summed E-state index contributed by atoms with van der Waals surface area (Å²) in [5, 5.41) is 21.9. The summed E-state index contributed by atoms with van der Waals surface area (Å²) in [6.07, 6.45) is 1.20. The van der Waals surface area contributed by atoms with Crippen LogP contribution in [-0.4, -0.2) is 23.5 Å². The molecule has 0 aromatic heterocycles. The van der Waals surface area contributed by atoms with Crippen LogP contribution in [0.25, 0.3) is 0 Å². The molecule has 6 heteroatoms. The first-order valence-electron chi connectivity index (χ1n) is 4.11. The third-order valence-corrected chi connectivity index (χ3v) is 2.02. The van der Waals surface area contributed by atoms with Crippen molar-refractivity contribution in [2.24, 2.45) is 5.16 Å². The van der Waals surface area contributed by atoms with Crippen LogP contribution in [-0.2, 0) is 0 Å². The van der Waals surface area contributed by atoms with Crippen LogP contribution in [0.1, 0.15) is 11.1 Å². The number of oxime groups is 1. The molecular weight excluding hydrogens is 200 g/mol. The summed E-state index contributed by atoms with van der Waals surface area (Å²) < 4.78 is 4.94. The van der Waals surface area contributed by atoms with Crippen LogP contribution in [0.5, 0.6) is 5.75 Å². The number of nitrogens with zero attached hydrogens (tertiary/aromatic N) is 2. The highest BCUT2D eigenvalue weighted by atomic mass is 16.6. The Morgan fingerprint density at radius 2 is 2.27 bits per heavy atom. The first kappa shape index (κ1) is 11.0. The molecule has 80 valence electrons. The van der Waals surface area contributed by atoms with E-state index in [2.05, 4.69) is 5.16 Å². The molecule has 1 rings (SSSR count). The Labute approximate surface area is 85.9 Å². The van der Waals surface area contributed by atoms with Gasteiger partial charge in [-0.2, -0.15) is 0 Å². The molecule has 0 heterocycles. The summed E-state index contributed by atoms with van der Waals surface area (Å²) >= 11 is 0. The number of rotatable bonds is 3. The van der Waals surface area contributed by atoms with Gasteiger partial charge in [-0.1, -0.05) is 5.16 Å². The van der Waals surface area contributed by atoms with E-state index >= 15 is 0 Å². The molecule has 1 N–H and O–H groups in total. The van der Waals surface area contributed by atoms with E-state index in [1.807, 2.05) is 0 Å². The molecular formula is C9H10N2O4. The lowest BCUT2D eigenvalue weighted by Gasteiger charge is -2.07. The second-order valence-corrected chi connectivity index (χ2v) is 2.83. The maximum absolute atomic E-state index is 10.6. The van der Waals surface area contributed by atoms with Crippen molar-refractivity contribution >= 4 is 11.9 Å². The van der Waals surface area contributed by atoms with Gasteiger partial charge in [0.15, 0.2) is 5.75 Å². The Morgan fingerprint density at radius 3 is 2.73 bits per heavy atom. The van der Waals surface area contributed by atoms with E-state index in [9.17, 15) is 10.1 Å². The number of methoxy groups -OCH3 is 1. The lowest BCUT2D eigenvalue weighted by atomic mass is 10.1. The molecule has 0 spiro atoms. The average Bonchev–Trinajstić information content (AvgIpc) is 2.20. The highest BCUT2D eigenvalue weighted by Crippen LogP contribution is 2.31. The van der Waals surface area contributed by atoms with Gasteiger partial charge >= 0.3 is 5.69 Å². The monoisotopic (exact) mass is 210 g/mol. The Bertz CT molecular complexity index is 415. The predicted molar refractivity (Wildman–Crippen MR) is 53.8 cm³/mol. The number of ether oxygens (including phenoxy) is 1. The van der Waals surface area contributed by atoms with Gasteiger partial charge in [-0.25, -0.2) is 0 Å². The zero-order valence-corrected chi connectivity index (χ0v) is 8.30. The minimum absolute atomic E-state index is 0.106. The van der Waals surface area contributed by atoms with Crippen molar-refractivity contribution in [3.8, 4) is 5.75 Å². The van der Waals surface area contributed by atoms with E-state index in [4.69, 9.17) is 9.94 Å². The third-order valence-electron chi connectivity index (χ3n) is 2.02. The molecule has 0 saturated carbocycles. The molecule has 15 heavy (non-hydrogen) atoms. The van der Waals surface area contributed by atoms with E-state index in [0.717, 1.165) is 0 Å². The van der Waals surface area contributed by atoms with E-state index < -0.39 is 4.92 Å². The van der Waals surface area contributed by atoms with Crippen molar-refractivity contribution in [2.45, 2.75) is 6.92 Å². The standard InChI is InChI=1S/C9H10N2O4/c1-6-7(5-10-12)3-4-8(11(13)14)9(6)15-2/h3-5,12H,1-2H3/b10-5+. The summed E-state index contributed by atoms with van der Waals surface area (Å²) in [6, 6.07) is 2.80. The maximum atomic E-state index is 10.6. The van der Waals surface area contributed by atoms with Crippen molar-refractivity contribution in [3.63, 3.8) is 0 Å². The number of hydrogen-bond donors (Lipinski definition) is 1. The predicted octanol–water partition coefficient (Wildman–Crippen LogP) is 1.72. The minimum Gasteiger partial charge on any atom is -0.490 e. The normalized spacial score (nSPS) is 10.5. The lowest BCUT2D eigenvalue weighted by molar-refractivity contribution is -0.385. The van der Waals surface area contributed by atoms with Crippen LogP contribution >= 0.6 is 0 Å². The van der Waals surface area contributed by atoms with Crippen molar-refractivity contribution in [1.82, 2.24) is 0 Å². The Hall–Kier alpha value is -2.11. The molecule has 0 unspecified atom stereocenters. The zero-order valence-electron chi connectivity index (χ0n) is 8.30. The molecule has 0 radical (unpaired) electrons. The molecule has 0 saturated heterocycles.